The maximum atomic E-state index is 13.6. The van der Waals surface area contributed by atoms with Crippen LogP contribution < -0.4 is 0 Å². The minimum Gasteiger partial charge on any atom is -0.227 e. The van der Waals surface area contributed by atoms with E-state index in [9.17, 15) is 26.3 Å². The molecule has 0 radical (unpaired) electrons. The van der Waals surface area contributed by atoms with Crippen molar-refractivity contribution in [1.29, 1.82) is 0 Å². The lowest BCUT2D eigenvalue weighted by Gasteiger charge is -2.40. The van der Waals surface area contributed by atoms with Crippen LogP contribution in [0.4, 0.5) is 26.3 Å². The second-order valence-corrected chi connectivity index (χ2v) is 6.96. The molecule has 0 nitrogen and oxygen atoms in total. The van der Waals surface area contributed by atoms with Crippen LogP contribution in [0.15, 0.2) is 12.2 Å². The summed E-state index contributed by atoms with van der Waals surface area (Å²) in [6.07, 6.45) is -6.83. The van der Waals surface area contributed by atoms with Gasteiger partial charge in [0.15, 0.2) is 0 Å². The summed E-state index contributed by atoms with van der Waals surface area (Å²) in [7, 11) is 0. The van der Waals surface area contributed by atoms with Gasteiger partial charge in [-0.3, -0.25) is 0 Å². The van der Waals surface area contributed by atoms with Gasteiger partial charge in [0.25, 0.3) is 5.92 Å². The summed E-state index contributed by atoms with van der Waals surface area (Å²) in [4.78, 5) is 0. The van der Waals surface area contributed by atoms with Gasteiger partial charge in [-0.05, 0) is 12.2 Å². The number of halogens is 8. The summed E-state index contributed by atoms with van der Waals surface area (Å²) in [5.74, 6) is -3.48. The van der Waals surface area contributed by atoms with Crippen LogP contribution in [-0.2, 0) is 0 Å². The molecule has 1 rings (SSSR count). The Labute approximate surface area is 98.0 Å². The minimum absolute atomic E-state index is 0.0682. The average Bonchev–Trinajstić information content (AvgIpc) is 1.93. The van der Waals surface area contributed by atoms with Crippen LogP contribution in [0.25, 0.3) is 0 Å². The minimum atomic E-state index is -5.27. The summed E-state index contributed by atoms with van der Waals surface area (Å²) in [6.45, 7) is 0. The number of hydrogen-bond donors (Lipinski definition) is 0. The number of rotatable bonds is 0. The maximum absolute atomic E-state index is 13.6. The van der Waals surface area contributed by atoms with Crippen molar-refractivity contribution in [2.45, 2.75) is 27.4 Å². The molecule has 15 heavy (non-hydrogen) atoms. The molecule has 0 saturated carbocycles. The zero-order chi connectivity index (χ0) is 12.1. The Bertz CT molecular complexity index is 294. The van der Waals surface area contributed by atoms with Gasteiger partial charge < -0.3 is 0 Å². The third-order valence-corrected chi connectivity index (χ3v) is 3.67. The summed E-state index contributed by atoms with van der Waals surface area (Å²) >= 11 is 4.63. The molecule has 0 heterocycles. The SMILES string of the molecule is FC1(F)C=CC(F)(C(F)(F)F)C(Br)(Br)C1. The van der Waals surface area contributed by atoms with E-state index in [1.165, 1.54) is 0 Å². The van der Waals surface area contributed by atoms with E-state index in [-0.39, 0.29) is 12.2 Å². The van der Waals surface area contributed by atoms with Crippen LogP contribution in [0.3, 0.4) is 0 Å². The molecule has 0 aromatic heterocycles. The molecule has 1 aliphatic rings. The van der Waals surface area contributed by atoms with Gasteiger partial charge in [-0.1, -0.05) is 31.9 Å². The molecular formula is C7H4Br2F6. The highest BCUT2D eigenvalue weighted by atomic mass is 79.9. The van der Waals surface area contributed by atoms with E-state index in [4.69, 9.17) is 0 Å². The molecule has 0 aliphatic heterocycles. The zero-order valence-corrected chi connectivity index (χ0v) is 10.1. The van der Waals surface area contributed by atoms with Gasteiger partial charge >= 0.3 is 6.18 Å². The molecule has 0 N–H and O–H groups in total. The van der Waals surface area contributed by atoms with Gasteiger partial charge in [-0.15, -0.1) is 0 Å². The van der Waals surface area contributed by atoms with Crippen molar-refractivity contribution in [2.24, 2.45) is 0 Å². The Kier molecular flexibility index (Phi) is 3.01. The van der Waals surface area contributed by atoms with Crippen molar-refractivity contribution in [2.75, 3.05) is 0 Å². The molecule has 8 heteroatoms. The first-order valence-electron chi connectivity index (χ1n) is 3.63. The third kappa shape index (κ3) is 2.20. The first-order valence-corrected chi connectivity index (χ1v) is 5.22. The number of alkyl halides is 8. The average molecular weight is 362 g/mol. The Morgan fingerprint density at radius 2 is 1.47 bits per heavy atom. The van der Waals surface area contributed by atoms with Crippen LogP contribution in [0.1, 0.15) is 6.42 Å². The molecule has 0 fully saturated rings. The van der Waals surface area contributed by atoms with E-state index in [0.717, 1.165) is 0 Å². The molecule has 1 aliphatic carbocycles. The van der Waals surface area contributed by atoms with E-state index in [0.29, 0.717) is 0 Å². The van der Waals surface area contributed by atoms with Gasteiger partial charge in [0.1, 0.15) is 3.23 Å². The summed E-state index contributed by atoms with van der Waals surface area (Å²) in [5.41, 5.74) is -3.86. The van der Waals surface area contributed by atoms with Crippen molar-refractivity contribution in [1.82, 2.24) is 0 Å². The van der Waals surface area contributed by atoms with Crippen molar-refractivity contribution in [3.63, 3.8) is 0 Å². The van der Waals surface area contributed by atoms with E-state index in [1.54, 1.807) is 0 Å². The Balaban J connectivity index is 3.23. The molecule has 1 unspecified atom stereocenters. The van der Waals surface area contributed by atoms with Crippen LogP contribution >= 0.6 is 31.9 Å². The molecule has 0 amide bonds. The molecule has 0 aromatic rings. The Morgan fingerprint density at radius 1 is 1.00 bits per heavy atom. The van der Waals surface area contributed by atoms with E-state index in [1.807, 2.05) is 0 Å². The molecule has 1 atom stereocenters. The molecule has 0 saturated heterocycles. The molecule has 0 bridgehead atoms. The highest BCUT2D eigenvalue weighted by Gasteiger charge is 2.69. The van der Waals surface area contributed by atoms with Crippen molar-refractivity contribution < 1.29 is 26.3 Å². The van der Waals surface area contributed by atoms with Crippen LogP contribution in [0.2, 0.25) is 0 Å². The van der Waals surface area contributed by atoms with Gasteiger partial charge in [0.05, 0.1) is 0 Å². The summed E-state index contributed by atoms with van der Waals surface area (Å²) < 4.78 is 73.5. The van der Waals surface area contributed by atoms with Crippen molar-refractivity contribution >= 4 is 31.9 Å². The molecule has 0 spiro atoms. The van der Waals surface area contributed by atoms with E-state index >= 15 is 0 Å². The highest BCUT2D eigenvalue weighted by molar-refractivity contribution is 9.25. The molecular weight excluding hydrogens is 358 g/mol. The monoisotopic (exact) mass is 360 g/mol. The molecule has 0 aromatic carbocycles. The van der Waals surface area contributed by atoms with Gasteiger partial charge in [-0.2, -0.15) is 13.2 Å². The smallest absolute Gasteiger partial charge is 0.227 e. The standard InChI is InChI=1S/C7H4Br2F6/c8-6(9)3-4(10,11)1-2-5(6,12)7(13,14)15/h1-2H,3H2. The largest absolute Gasteiger partial charge is 0.428 e. The maximum Gasteiger partial charge on any atom is 0.428 e. The van der Waals surface area contributed by atoms with Gasteiger partial charge in [0.2, 0.25) is 5.67 Å². The predicted molar refractivity (Wildman–Crippen MR) is 49.2 cm³/mol. The van der Waals surface area contributed by atoms with Crippen molar-refractivity contribution in [3.05, 3.63) is 12.2 Å². The summed E-state index contributed by atoms with van der Waals surface area (Å²) in [6, 6.07) is 0. The lowest BCUT2D eigenvalue weighted by Crippen LogP contribution is -2.56. The van der Waals surface area contributed by atoms with Crippen LogP contribution in [-0.4, -0.2) is 21.0 Å². The Morgan fingerprint density at radius 3 is 1.80 bits per heavy atom. The van der Waals surface area contributed by atoms with Crippen LogP contribution in [0, 0.1) is 0 Å². The van der Waals surface area contributed by atoms with Gasteiger partial charge in [-0.25, -0.2) is 13.2 Å². The quantitative estimate of drug-likeness (QED) is 0.342. The lowest BCUT2D eigenvalue weighted by molar-refractivity contribution is -0.219. The normalized spacial score (nSPS) is 34.1. The first-order chi connectivity index (χ1) is 6.41. The number of allylic oxidation sites excluding steroid dienone is 2. The van der Waals surface area contributed by atoms with Crippen molar-refractivity contribution in [3.8, 4) is 0 Å². The zero-order valence-electron chi connectivity index (χ0n) is 6.89. The second kappa shape index (κ2) is 3.38. The fourth-order valence-corrected chi connectivity index (χ4v) is 2.61. The third-order valence-electron chi connectivity index (χ3n) is 1.96. The fraction of sp³-hybridized carbons (Fsp3) is 0.714. The first kappa shape index (κ1) is 13.3. The second-order valence-electron chi connectivity index (χ2n) is 3.19. The topological polar surface area (TPSA) is 0 Å². The van der Waals surface area contributed by atoms with Crippen LogP contribution in [0.5, 0.6) is 0 Å². The lowest BCUT2D eigenvalue weighted by atomic mass is 9.90. The summed E-state index contributed by atoms with van der Waals surface area (Å²) in [5, 5.41) is 0. The predicted octanol–water partition coefficient (Wildman–Crippen LogP) is 4.34. The Hall–Kier alpha value is 0.280. The molecule has 88 valence electrons. The van der Waals surface area contributed by atoms with E-state index < -0.39 is 27.4 Å². The van der Waals surface area contributed by atoms with E-state index in [2.05, 4.69) is 31.9 Å². The number of hydrogen-bond acceptors (Lipinski definition) is 0. The highest BCUT2D eigenvalue weighted by Crippen LogP contribution is 2.57. The fourth-order valence-electron chi connectivity index (χ4n) is 1.14. The van der Waals surface area contributed by atoms with Gasteiger partial charge in [0, 0.05) is 6.42 Å².